The highest BCUT2D eigenvalue weighted by Crippen LogP contribution is 2.31. The van der Waals surface area contributed by atoms with Crippen LogP contribution >= 0.6 is 11.6 Å². The third-order valence-electron chi connectivity index (χ3n) is 3.46. The Morgan fingerprint density at radius 3 is 2.77 bits per heavy atom. The molecule has 0 spiro atoms. The van der Waals surface area contributed by atoms with Crippen LogP contribution in [0.3, 0.4) is 0 Å². The molecule has 1 aliphatic heterocycles. The summed E-state index contributed by atoms with van der Waals surface area (Å²) in [5.74, 6) is -4.69. The molecular formula is C14H16ClF2N3O2. The van der Waals surface area contributed by atoms with Crippen LogP contribution in [-0.2, 0) is 9.59 Å². The number of halogens is 3. The number of hydrogen-bond acceptors (Lipinski definition) is 3. The third-order valence-corrected chi connectivity index (χ3v) is 3.78. The van der Waals surface area contributed by atoms with E-state index in [1.807, 2.05) is 0 Å². The second-order valence-electron chi connectivity index (χ2n) is 5.13. The maximum atomic E-state index is 13.0. The summed E-state index contributed by atoms with van der Waals surface area (Å²) >= 11 is 6.03. The molecule has 0 aliphatic carbocycles. The number of nitrogens with zero attached hydrogens (tertiary/aromatic N) is 1. The Morgan fingerprint density at radius 1 is 1.45 bits per heavy atom. The average Bonchev–Trinajstić information content (AvgIpc) is 2.87. The van der Waals surface area contributed by atoms with Crippen molar-refractivity contribution in [1.82, 2.24) is 5.32 Å². The van der Waals surface area contributed by atoms with Gasteiger partial charge in [-0.2, -0.15) is 0 Å². The van der Waals surface area contributed by atoms with Crippen LogP contribution in [0, 0.1) is 5.92 Å². The molecule has 1 fully saturated rings. The van der Waals surface area contributed by atoms with Crippen LogP contribution in [0.25, 0.3) is 0 Å². The summed E-state index contributed by atoms with van der Waals surface area (Å²) in [7, 11) is 0. The van der Waals surface area contributed by atoms with Gasteiger partial charge in [-0.05, 0) is 12.1 Å². The van der Waals surface area contributed by atoms with Crippen molar-refractivity contribution in [3.05, 3.63) is 29.3 Å². The van der Waals surface area contributed by atoms with E-state index in [0.717, 1.165) is 0 Å². The van der Waals surface area contributed by atoms with Crippen molar-refractivity contribution < 1.29 is 18.4 Å². The Labute approximate surface area is 131 Å². The maximum Gasteiger partial charge on any atom is 0.277 e. The highest BCUT2D eigenvalue weighted by Gasteiger charge is 2.37. The van der Waals surface area contributed by atoms with E-state index in [0.29, 0.717) is 10.7 Å². The van der Waals surface area contributed by atoms with Gasteiger partial charge in [-0.3, -0.25) is 9.59 Å². The topological polar surface area (TPSA) is 75.4 Å². The minimum atomic E-state index is -3.15. The van der Waals surface area contributed by atoms with Gasteiger partial charge in [0.2, 0.25) is 11.8 Å². The number of anilines is 1. The number of para-hydroxylation sites is 1. The van der Waals surface area contributed by atoms with E-state index < -0.39 is 30.8 Å². The van der Waals surface area contributed by atoms with Gasteiger partial charge in [0, 0.05) is 13.0 Å². The Balaban J connectivity index is 2.00. The fourth-order valence-electron chi connectivity index (χ4n) is 2.22. The first kappa shape index (κ1) is 16.6. The fourth-order valence-corrected chi connectivity index (χ4v) is 2.46. The lowest BCUT2D eigenvalue weighted by Crippen LogP contribution is -2.44. The summed E-state index contributed by atoms with van der Waals surface area (Å²) < 4.78 is 26.1. The normalized spacial score (nSPS) is 18.6. The second-order valence-corrected chi connectivity index (χ2v) is 5.54. The molecule has 1 aliphatic rings. The lowest BCUT2D eigenvalue weighted by Gasteiger charge is -2.19. The molecule has 1 aromatic carbocycles. The largest absolute Gasteiger partial charge is 0.350 e. The monoisotopic (exact) mass is 331 g/mol. The van der Waals surface area contributed by atoms with Crippen molar-refractivity contribution in [2.24, 2.45) is 11.7 Å². The minimum absolute atomic E-state index is 0.0365. The average molecular weight is 332 g/mol. The summed E-state index contributed by atoms with van der Waals surface area (Å²) in [5, 5.41) is 2.54. The molecule has 120 valence electrons. The zero-order valence-electron chi connectivity index (χ0n) is 11.7. The quantitative estimate of drug-likeness (QED) is 0.856. The molecule has 2 rings (SSSR count). The van der Waals surface area contributed by atoms with Crippen molar-refractivity contribution in [2.75, 3.05) is 24.5 Å². The number of nitrogens with two attached hydrogens (primary N) is 1. The summed E-state index contributed by atoms with van der Waals surface area (Å²) in [4.78, 5) is 25.3. The Hall–Kier alpha value is -1.73. The third kappa shape index (κ3) is 3.72. The van der Waals surface area contributed by atoms with Gasteiger partial charge in [0.1, 0.15) is 0 Å². The molecule has 5 nitrogen and oxygen atoms in total. The molecule has 8 heteroatoms. The highest BCUT2D eigenvalue weighted by molar-refractivity contribution is 6.33. The number of nitrogens with one attached hydrogen (secondary N) is 1. The standard InChI is InChI=1S/C14H16ClF2N3O2/c15-10-3-1-2-4-11(10)20-6-9(5-12(20)21)13(22)19-8-14(16,17)7-18/h1-4,9H,5-8,18H2,(H,19,22). The van der Waals surface area contributed by atoms with Crippen LogP contribution < -0.4 is 16.0 Å². The van der Waals surface area contributed by atoms with Gasteiger partial charge in [-0.1, -0.05) is 23.7 Å². The fraction of sp³-hybridized carbons (Fsp3) is 0.429. The molecular weight excluding hydrogens is 316 g/mol. The van der Waals surface area contributed by atoms with Crippen molar-refractivity contribution in [2.45, 2.75) is 12.3 Å². The molecule has 1 atom stereocenters. The first-order chi connectivity index (χ1) is 10.3. The Kier molecular flexibility index (Phi) is 4.97. The van der Waals surface area contributed by atoms with Crippen molar-refractivity contribution >= 4 is 29.1 Å². The molecule has 2 amide bonds. The molecule has 0 bridgehead atoms. The van der Waals surface area contributed by atoms with E-state index in [9.17, 15) is 18.4 Å². The van der Waals surface area contributed by atoms with Crippen LogP contribution in [-0.4, -0.2) is 37.4 Å². The predicted octanol–water partition coefficient (Wildman–Crippen LogP) is 1.40. The molecule has 0 saturated carbocycles. The molecule has 1 unspecified atom stereocenters. The van der Waals surface area contributed by atoms with Gasteiger partial charge in [0.15, 0.2) is 0 Å². The van der Waals surface area contributed by atoms with Crippen molar-refractivity contribution in [1.29, 1.82) is 0 Å². The lowest BCUT2D eigenvalue weighted by atomic mass is 10.1. The molecule has 22 heavy (non-hydrogen) atoms. The van der Waals surface area contributed by atoms with Gasteiger partial charge < -0.3 is 16.0 Å². The number of rotatable bonds is 5. The Bertz CT molecular complexity index is 583. The smallest absolute Gasteiger partial charge is 0.277 e. The first-order valence-corrected chi connectivity index (χ1v) is 7.12. The van der Waals surface area contributed by atoms with E-state index in [4.69, 9.17) is 17.3 Å². The van der Waals surface area contributed by atoms with E-state index in [1.165, 1.54) is 4.90 Å². The highest BCUT2D eigenvalue weighted by atomic mass is 35.5. The van der Waals surface area contributed by atoms with E-state index in [-0.39, 0.29) is 18.9 Å². The molecule has 0 radical (unpaired) electrons. The van der Waals surface area contributed by atoms with Crippen molar-refractivity contribution in [3.8, 4) is 0 Å². The SMILES string of the molecule is NCC(F)(F)CNC(=O)C1CC(=O)N(c2ccccc2Cl)C1. The number of benzene rings is 1. The number of hydrogen-bond donors (Lipinski definition) is 2. The zero-order valence-corrected chi connectivity index (χ0v) is 12.4. The van der Waals surface area contributed by atoms with Gasteiger partial charge in [-0.15, -0.1) is 0 Å². The first-order valence-electron chi connectivity index (χ1n) is 6.74. The number of carbonyl (C=O) groups is 2. The van der Waals surface area contributed by atoms with Crippen LogP contribution in [0.4, 0.5) is 14.5 Å². The van der Waals surface area contributed by atoms with Crippen LogP contribution in [0.5, 0.6) is 0 Å². The summed E-state index contributed by atoms with van der Waals surface area (Å²) in [6, 6.07) is 6.76. The van der Waals surface area contributed by atoms with Crippen LogP contribution in [0.2, 0.25) is 5.02 Å². The van der Waals surface area contributed by atoms with E-state index >= 15 is 0 Å². The zero-order chi connectivity index (χ0) is 16.3. The molecule has 3 N–H and O–H groups in total. The molecule has 1 saturated heterocycles. The van der Waals surface area contributed by atoms with Gasteiger partial charge in [-0.25, -0.2) is 8.78 Å². The molecule has 1 heterocycles. The van der Waals surface area contributed by atoms with Crippen LogP contribution in [0.1, 0.15) is 6.42 Å². The van der Waals surface area contributed by atoms with Gasteiger partial charge >= 0.3 is 0 Å². The van der Waals surface area contributed by atoms with E-state index in [2.05, 4.69) is 5.32 Å². The molecule has 1 aromatic rings. The maximum absolute atomic E-state index is 13.0. The lowest BCUT2D eigenvalue weighted by molar-refractivity contribution is -0.127. The van der Waals surface area contributed by atoms with Crippen molar-refractivity contribution in [3.63, 3.8) is 0 Å². The number of carbonyl (C=O) groups excluding carboxylic acids is 2. The van der Waals surface area contributed by atoms with Crippen LogP contribution in [0.15, 0.2) is 24.3 Å². The summed E-state index contributed by atoms with van der Waals surface area (Å²) in [6.07, 6.45) is -0.0365. The van der Waals surface area contributed by atoms with Gasteiger partial charge in [0.25, 0.3) is 5.92 Å². The Morgan fingerprint density at radius 2 is 2.14 bits per heavy atom. The predicted molar refractivity (Wildman–Crippen MR) is 78.9 cm³/mol. The van der Waals surface area contributed by atoms with Gasteiger partial charge in [0.05, 0.1) is 29.7 Å². The molecule has 0 aromatic heterocycles. The second kappa shape index (κ2) is 6.58. The summed E-state index contributed by atoms with van der Waals surface area (Å²) in [6.45, 7) is -1.57. The number of alkyl halides is 2. The van der Waals surface area contributed by atoms with E-state index in [1.54, 1.807) is 24.3 Å². The summed E-state index contributed by atoms with van der Waals surface area (Å²) in [5.41, 5.74) is 5.42. The number of amides is 2. The minimum Gasteiger partial charge on any atom is -0.350 e.